The Balaban J connectivity index is 2.37. The van der Waals surface area contributed by atoms with E-state index in [1.807, 2.05) is 10.9 Å². The summed E-state index contributed by atoms with van der Waals surface area (Å²) in [4.78, 5) is 0. The summed E-state index contributed by atoms with van der Waals surface area (Å²) >= 11 is 0. The lowest BCUT2D eigenvalue weighted by atomic mass is 9.99. The van der Waals surface area contributed by atoms with Gasteiger partial charge in [0, 0.05) is 6.20 Å². The molecule has 3 heteroatoms. The average Bonchev–Trinajstić information content (AvgIpc) is 2.57. The molecule has 0 N–H and O–H groups in total. The predicted octanol–water partition coefficient (Wildman–Crippen LogP) is 0.658. The van der Waals surface area contributed by atoms with Crippen LogP contribution in [0.25, 0.3) is 17.8 Å². The van der Waals surface area contributed by atoms with E-state index in [4.69, 9.17) is 0 Å². The Kier molecular flexibility index (Phi) is 1.76. The molecule has 0 atom stereocenters. The van der Waals surface area contributed by atoms with Crippen LogP contribution >= 0.6 is 0 Å². The van der Waals surface area contributed by atoms with E-state index in [0.29, 0.717) is 0 Å². The van der Waals surface area contributed by atoms with Gasteiger partial charge in [-0.05, 0) is 37.7 Å². The van der Waals surface area contributed by atoms with Gasteiger partial charge in [0.2, 0.25) is 0 Å². The second-order valence-corrected chi connectivity index (χ2v) is 3.89. The molecule has 72 valence electrons. The van der Waals surface area contributed by atoms with Gasteiger partial charge in [-0.15, -0.1) is 5.10 Å². The third-order valence-electron chi connectivity index (χ3n) is 2.94. The van der Waals surface area contributed by atoms with Crippen LogP contribution in [0.1, 0.15) is 32.1 Å². The minimum absolute atomic E-state index is 1.08. The van der Waals surface area contributed by atoms with Crippen LogP contribution in [0.5, 0.6) is 0 Å². The summed E-state index contributed by atoms with van der Waals surface area (Å²) in [6.07, 6.45) is 12.4. The van der Waals surface area contributed by atoms with Crippen LogP contribution < -0.4 is 10.7 Å². The monoisotopic (exact) mass is 187 g/mol. The smallest absolute Gasteiger partial charge is 0.109 e. The fourth-order valence-corrected chi connectivity index (χ4v) is 2.24. The number of hydrogen-bond acceptors (Lipinski definition) is 2. The van der Waals surface area contributed by atoms with Gasteiger partial charge in [-0.1, -0.05) is 17.4 Å². The molecule has 0 saturated heterocycles. The van der Waals surface area contributed by atoms with Crippen molar-refractivity contribution in [1.82, 2.24) is 15.0 Å². The van der Waals surface area contributed by atoms with E-state index in [0.717, 1.165) is 18.2 Å². The van der Waals surface area contributed by atoms with Crippen LogP contribution in [0.2, 0.25) is 0 Å². The number of hydrogen-bond donors (Lipinski definition) is 0. The van der Waals surface area contributed by atoms with E-state index >= 15 is 0 Å². The van der Waals surface area contributed by atoms with Crippen molar-refractivity contribution < 1.29 is 0 Å². The number of aromatic nitrogens is 3. The van der Waals surface area contributed by atoms with Gasteiger partial charge in [0.15, 0.2) is 0 Å². The third-order valence-corrected chi connectivity index (χ3v) is 2.94. The maximum Gasteiger partial charge on any atom is 0.109 e. The number of allylic oxidation sites excluding steroid dienone is 1. The highest BCUT2D eigenvalue weighted by Gasteiger charge is 2.10. The molecule has 1 aliphatic carbocycles. The molecule has 1 aromatic heterocycles. The Labute approximate surface area is 82.4 Å². The van der Waals surface area contributed by atoms with Gasteiger partial charge < -0.3 is 0 Å². The molecule has 14 heavy (non-hydrogen) atoms. The SMILES string of the molecule is C1=Cn2nnc3c2=C(CCC=3)CCC1. The van der Waals surface area contributed by atoms with Gasteiger partial charge in [0.05, 0.1) is 5.35 Å². The van der Waals surface area contributed by atoms with E-state index in [2.05, 4.69) is 22.5 Å². The highest BCUT2D eigenvalue weighted by atomic mass is 15.4. The van der Waals surface area contributed by atoms with E-state index in [1.165, 1.54) is 30.2 Å². The molecular weight excluding hydrogens is 174 g/mol. The van der Waals surface area contributed by atoms with Crippen molar-refractivity contribution in [3.63, 3.8) is 0 Å². The van der Waals surface area contributed by atoms with Crippen LogP contribution in [-0.2, 0) is 0 Å². The molecule has 3 nitrogen and oxygen atoms in total. The van der Waals surface area contributed by atoms with Gasteiger partial charge in [-0.25, -0.2) is 4.68 Å². The minimum atomic E-state index is 1.08. The predicted molar refractivity (Wildman–Crippen MR) is 55.6 cm³/mol. The van der Waals surface area contributed by atoms with Crippen molar-refractivity contribution >= 4 is 17.8 Å². The van der Waals surface area contributed by atoms with Gasteiger partial charge in [-0.2, -0.15) is 0 Å². The molecule has 2 aliphatic rings. The number of rotatable bonds is 0. The van der Waals surface area contributed by atoms with Gasteiger partial charge in [0.1, 0.15) is 5.35 Å². The second kappa shape index (κ2) is 3.08. The maximum atomic E-state index is 4.19. The van der Waals surface area contributed by atoms with Crippen molar-refractivity contribution in [3.8, 4) is 0 Å². The summed E-state index contributed by atoms with van der Waals surface area (Å²) in [6.45, 7) is 0. The third kappa shape index (κ3) is 1.12. The average molecular weight is 187 g/mol. The lowest BCUT2D eigenvalue weighted by Crippen LogP contribution is -2.33. The molecule has 0 radical (unpaired) electrons. The van der Waals surface area contributed by atoms with E-state index < -0.39 is 0 Å². The second-order valence-electron chi connectivity index (χ2n) is 3.89. The first-order valence-corrected chi connectivity index (χ1v) is 5.25. The molecule has 0 unspecified atom stereocenters. The largest absolute Gasteiger partial charge is 0.220 e. The van der Waals surface area contributed by atoms with E-state index in [1.54, 1.807) is 0 Å². The lowest BCUT2D eigenvalue weighted by Gasteiger charge is -2.10. The zero-order valence-corrected chi connectivity index (χ0v) is 8.11. The standard InChI is InChI=1S/C11H13N3/c1-2-5-9-6-4-7-10-11(9)14(8-3-1)13-12-10/h3,7-8H,1-2,4-6H2. The Morgan fingerprint density at radius 3 is 3.21 bits per heavy atom. The zero-order valence-electron chi connectivity index (χ0n) is 8.11. The Hall–Kier alpha value is -1.38. The highest BCUT2D eigenvalue weighted by Crippen LogP contribution is 2.16. The first kappa shape index (κ1) is 7.97. The molecule has 0 amide bonds. The maximum absolute atomic E-state index is 4.19. The minimum Gasteiger partial charge on any atom is -0.220 e. The topological polar surface area (TPSA) is 30.7 Å². The van der Waals surface area contributed by atoms with Crippen LogP contribution in [0.3, 0.4) is 0 Å². The lowest BCUT2D eigenvalue weighted by molar-refractivity contribution is 0.783. The van der Waals surface area contributed by atoms with Crippen LogP contribution in [0.4, 0.5) is 0 Å². The first-order valence-electron chi connectivity index (χ1n) is 5.25. The van der Waals surface area contributed by atoms with E-state index in [-0.39, 0.29) is 0 Å². The Morgan fingerprint density at radius 2 is 2.21 bits per heavy atom. The molecule has 1 aromatic rings. The van der Waals surface area contributed by atoms with Crippen molar-refractivity contribution in [1.29, 1.82) is 0 Å². The fraction of sp³-hybridized carbons (Fsp3) is 0.455. The molecule has 2 heterocycles. The van der Waals surface area contributed by atoms with Crippen LogP contribution in [0, 0.1) is 0 Å². The summed E-state index contributed by atoms with van der Waals surface area (Å²) in [5.41, 5.74) is 1.54. The molecule has 0 saturated carbocycles. The van der Waals surface area contributed by atoms with Crippen molar-refractivity contribution in [3.05, 3.63) is 16.8 Å². The molecule has 0 aromatic carbocycles. The van der Waals surface area contributed by atoms with Gasteiger partial charge in [-0.3, -0.25) is 0 Å². The summed E-state index contributed by atoms with van der Waals surface area (Å²) < 4.78 is 1.93. The molecule has 3 rings (SSSR count). The Morgan fingerprint density at radius 1 is 1.21 bits per heavy atom. The highest BCUT2D eigenvalue weighted by molar-refractivity contribution is 5.50. The summed E-state index contributed by atoms with van der Waals surface area (Å²) in [6, 6.07) is 0. The zero-order chi connectivity index (χ0) is 9.38. The van der Waals surface area contributed by atoms with Gasteiger partial charge >= 0.3 is 0 Å². The normalized spacial score (nSPS) is 19.6. The van der Waals surface area contributed by atoms with Crippen molar-refractivity contribution in [2.24, 2.45) is 0 Å². The van der Waals surface area contributed by atoms with Crippen molar-refractivity contribution in [2.75, 3.05) is 0 Å². The molecule has 0 bridgehead atoms. The van der Waals surface area contributed by atoms with Gasteiger partial charge in [0.25, 0.3) is 0 Å². The fourth-order valence-electron chi connectivity index (χ4n) is 2.24. The molecule has 0 spiro atoms. The van der Waals surface area contributed by atoms with Crippen molar-refractivity contribution in [2.45, 2.75) is 32.1 Å². The quantitative estimate of drug-likeness (QED) is 0.597. The Bertz CT molecular complexity index is 493. The molecular formula is C11H13N3. The summed E-state index contributed by atoms with van der Waals surface area (Å²) in [5.74, 6) is 0. The molecule has 0 fully saturated rings. The first-order chi connectivity index (χ1) is 6.95. The van der Waals surface area contributed by atoms with E-state index in [9.17, 15) is 0 Å². The molecule has 1 aliphatic heterocycles. The summed E-state index contributed by atoms with van der Waals surface area (Å²) in [7, 11) is 0. The van der Waals surface area contributed by atoms with Crippen LogP contribution in [-0.4, -0.2) is 15.0 Å². The van der Waals surface area contributed by atoms with Crippen LogP contribution in [0.15, 0.2) is 6.08 Å². The number of nitrogens with zero attached hydrogens (tertiary/aromatic N) is 3. The summed E-state index contributed by atoms with van der Waals surface area (Å²) in [5, 5.41) is 10.7.